The van der Waals surface area contributed by atoms with Crippen molar-refractivity contribution in [1.29, 1.82) is 0 Å². The Morgan fingerprint density at radius 3 is 2.19 bits per heavy atom. The van der Waals surface area contributed by atoms with Crippen LogP contribution in [0.1, 0.15) is 24.2 Å². The van der Waals surface area contributed by atoms with Crippen LogP contribution in [0.4, 0.5) is 0 Å². The van der Waals surface area contributed by atoms with Gasteiger partial charge in [-0.05, 0) is 24.3 Å². The Kier molecular flexibility index (Phi) is 4.33. The van der Waals surface area contributed by atoms with Gasteiger partial charge >= 0.3 is 5.97 Å². The van der Waals surface area contributed by atoms with Gasteiger partial charge in [-0.15, -0.1) is 0 Å². The van der Waals surface area contributed by atoms with Crippen molar-refractivity contribution in [2.24, 2.45) is 0 Å². The Balaban J connectivity index is 0.000000606. The Morgan fingerprint density at radius 1 is 1.12 bits per heavy atom. The van der Waals surface area contributed by atoms with E-state index < -0.39 is 5.97 Å². The fraction of sp³-hybridized carbons (Fsp3) is 0.154. The van der Waals surface area contributed by atoms with Crippen LogP contribution in [0, 0.1) is 0 Å². The summed E-state index contributed by atoms with van der Waals surface area (Å²) in [5.74, 6) is -0.182. The molecule has 0 saturated heterocycles. The Hall–Kier alpha value is -2.03. The van der Waals surface area contributed by atoms with Gasteiger partial charge in [0, 0.05) is 5.56 Å². The Bertz CT molecular complexity index is 427. The molecule has 3 heteroatoms. The maximum Gasteiger partial charge on any atom is 0.335 e. The van der Waals surface area contributed by atoms with Crippen LogP contribution in [0.3, 0.4) is 0 Å². The standard InChI is InChI=1S/C11H8O3.C2H6/c12-11(13)9-5-3-8(4-6-9)10-2-1-7-14-10;1-2/h1-7H,(H,12,13);1-2H3. The quantitative estimate of drug-likeness (QED) is 0.836. The van der Waals surface area contributed by atoms with Gasteiger partial charge in [0.2, 0.25) is 0 Å². The Labute approximate surface area is 94.3 Å². The number of hydrogen-bond acceptors (Lipinski definition) is 2. The van der Waals surface area contributed by atoms with Crippen LogP contribution in [0.5, 0.6) is 0 Å². The molecule has 0 fully saturated rings. The van der Waals surface area contributed by atoms with Gasteiger partial charge in [0.1, 0.15) is 5.76 Å². The molecule has 0 atom stereocenters. The van der Waals surface area contributed by atoms with E-state index in [0.29, 0.717) is 0 Å². The molecule has 1 heterocycles. The molecule has 84 valence electrons. The van der Waals surface area contributed by atoms with E-state index in [1.54, 1.807) is 36.6 Å². The average Bonchev–Trinajstić information content (AvgIpc) is 2.85. The number of hydrogen-bond donors (Lipinski definition) is 1. The third-order valence-electron chi connectivity index (χ3n) is 1.94. The summed E-state index contributed by atoms with van der Waals surface area (Å²) in [6, 6.07) is 10.2. The fourth-order valence-corrected chi connectivity index (χ4v) is 1.22. The third kappa shape index (κ3) is 2.73. The van der Waals surface area contributed by atoms with Gasteiger partial charge in [0.15, 0.2) is 0 Å². The van der Waals surface area contributed by atoms with Crippen molar-refractivity contribution in [3.05, 3.63) is 48.2 Å². The number of carboxylic acid groups (broad SMARTS) is 1. The molecular formula is C13H14O3. The van der Waals surface area contributed by atoms with Crippen molar-refractivity contribution in [3.63, 3.8) is 0 Å². The van der Waals surface area contributed by atoms with Crippen LogP contribution < -0.4 is 0 Å². The highest BCUT2D eigenvalue weighted by Gasteiger charge is 2.03. The minimum atomic E-state index is -0.920. The van der Waals surface area contributed by atoms with Crippen LogP contribution in [0.25, 0.3) is 11.3 Å². The van der Waals surface area contributed by atoms with E-state index in [4.69, 9.17) is 9.52 Å². The van der Waals surface area contributed by atoms with Gasteiger partial charge in [0.05, 0.1) is 11.8 Å². The van der Waals surface area contributed by atoms with E-state index >= 15 is 0 Å². The molecule has 1 aromatic carbocycles. The molecular weight excluding hydrogens is 204 g/mol. The van der Waals surface area contributed by atoms with Gasteiger partial charge in [-0.25, -0.2) is 4.79 Å². The lowest BCUT2D eigenvalue weighted by Crippen LogP contribution is -1.94. The van der Waals surface area contributed by atoms with E-state index in [2.05, 4.69) is 0 Å². The summed E-state index contributed by atoms with van der Waals surface area (Å²) in [4.78, 5) is 10.6. The van der Waals surface area contributed by atoms with Crippen LogP contribution >= 0.6 is 0 Å². The van der Waals surface area contributed by atoms with Crippen molar-refractivity contribution in [2.45, 2.75) is 13.8 Å². The lowest BCUT2D eigenvalue weighted by molar-refractivity contribution is 0.0697. The van der Waals surface area contributed by atoms with E-state index in [1.165, 1.54) is 0 Å². The molecule has 2 rings (SSSR count). The second-order valence-electron chi connectivity index (χ2n) is 2.86. The summed E-state index contributed by atoms with van der Waals surface area (Å²) < 4.78 is 5.17. The van der Waals surface area contributed by atoms with Gasteiger partial charge in [-0.3, -0.25) is 0 Å². The predicted molar refractivity (Wildman–Crippen MR) is 62.5 cm³/mol. The lowest BCUT2D eigenvalue weighted by Gasteiger charge is -1.97. The molecule has 0 unspecified atom stereocenters. The second-order valence-corrected chi connectivity index (χ2v) is 2.86. The van der Waals surface area contributed by atoms with Crippen molar-refractivity contribution in [2.75, 3.05) is 0 Å². The fourth-order valence-electron chi connectivity index (χ4n) is 1.22. The number of furan rings is 1. The number of benzene rings is 1. The SMILES string of the molecule is CC.O=C(O)c1ccc(-c2ccco2)cc1. The van der Waals surface area contributed by atoms with Crippen LogP contribution in [0.15, 0.2) is 47.1 Å². The molecule has 0 aliphatic carbocycles. The third-order valence-corrected chi connectivity index (χ3v) is 1.94. The van der Waals surface area contributed by atoms with Gasteiger partial charge in [-0.2, -0.15) is 0 Å². The van der Waals surface area contributed by atoms with Crippen LogP contribution in [-0.4, -0.2) is 11.1 Å². The Morgan fingerprint density at radius 2 is 1.75 bits per heavy atom. The zero-order valence-electron chi connectivity index (χ0n) is 9.31. The predicted octanol–water partition coefficient (Wildman–Crippen LogP) is 3.67. The van der Waals surface area contributed by atoms with E-state index in [0.717, 1.165) is 11.3 Å². The molecule has 1 N–H and O–H groups in total. The zero-order chi connectivity index (χ0) is 12.0. The van der Waals surface area contributed by atoms with Crippen molar-refractivity contribution in [3.8, 4) is 11.3 Å². The van der Waals surface area contributed by atoms with Crippen molar-refractivity contribution < 1.29 is 14.3 Å². The zero-order valence-corrected chi connectivity index (χ0v) is 9.31. The number of carbonyl (C=O) groups is 1. The molecule has 0 saturated carbocycles. The highest BCUT2D eigenvalue weighted by Crippen LogP contribution is 2.19. The summed E-state index contributed by atoms with van der Waals surface area (Å²) in [6.45, 7) is 4.00. The minimum Gasteiger partial charge on any atom is -0.478 e. The first kappa shape index (κ1) is 12.0. The molecule has 0 radical (unpaired) electrons. The molecule has 3 nitrogen and oxygen atoms in total. The van der Waals surface area contributed by atoms with Crippen molar-refractivity contribution >= 4 is 5.97 Å². The van der Waals surface area contributed by atoms with E-state index in [-0.39, 0.29) is 5.56 Å². The average molecular weight is 218 g/mol. The number of aromatic carboxylic acids is 1. The first-order valence-corrected chi connectivity index (χ1v) is 5.14. The van der Waals surface area contributed by atoms with Crippen LogP contribution in [0.2, 0.25) is 0 Å². The molecule has 0 amide bonds. The summed E-state index contributed by atoms with van der Waals surface area (Å²) >= 11 is 0. The van der Waals surface area contributed by atoms with Gasteiger partial charge in [-0.1, -0.05) is 26.0 Å². The smallest absolute Gasteiger partial charge is 0.335 e. The van der Waals surface area contributed by atoms with Crippen LogP contribution in [-0.2, 0) is 0 Å². The first-order chi connectivity index (χ1) is 7.77. The summed E-state index contributed by atoms with van der Waals surface area (Å²) in [5.41, 5.74) is 1.15. The molecule has 0 spiro atoms. The second kappa shape index (κ2) is 5.75. The largest absolute Gasteiger partial charge is 0.478 e. The van der Waals surface area contributed by atoms with E-state index in [9.17, 15) is 4.79 Å². The number of carboxylic acids is 1. The lowest BCUT2D eigenvalue weighted by atomic mass is 10.1. The van der Waals surface area contributed by atoms with Gasteiger partial charge in [0.25, 0.3) is 0 Å². The molecule has 0 bridgehead atoms. The summed E-state index contributed by atoms with van der Waals surface area (Å²) in [7, 11) is 0. The monoisotopic (exact) mass is 218 g/mol. The molecule has 1 aromatic heterocycles. The molecule has 0 aliphatic rings. The summed E-state index contributed by atoms with van der Waals surface area (Å²) in [5, 5.41) is 8.68. The first-order valence-electron chi connectivity index (χ1n) is 5.14. The summed E-state index contributed by atoms with van der Waals surface area (Å²) in [6.07, 6.45) is 1.58. The van der Waals surface area contributed by atoms with Crippen molar-refractivity contribution in [1.82, 2.24) is 0 Å². The minimum absolute atomic E-state index is 0.278. The number of rotatable bonds is 2. The topological polar surface area (TPSA) is 50.4 Å². The normalized spacial score (nSPS) is 9.12. The molecule has 0 aliphatic heterocycles. The highest BCUT2D eigenvalue weighted by atomic mass is 16.4. The maximum atomic E-state index is 10.6. The van der Waals surface area contributed by atoms with E-state index in [1.807, 2.05) is 19.9 Å². The van der Waals surface area contributed by atoms with Gasteiger partial charge < -0.3 is 9.52 Å². The highest BCUT2D eigenvalue weighted by molar-refractivity contribution is 5.88. The molecule has 16 heavy (non-hydrogen) atoms. The maximum absolute atomic E-state index is 10.6. The molecule has 2 aromatic rings.